The molecule has 3 heterocycles. The van der Waals surface area contributed by atoms with Crippen LogP contribution in [0.4, 0.5) is 0 Å². The molecule has 8 nitrogen and oxygen atoms in total. The molecule has 8 heteroatoms. The highest BCUT2D eigenvalue weighted by Crippen LogP contribution is 2.33. The number of hydrogen-bond donors (Lipinski definition) is 1. The number of ether oxygens (including phenoxy) is 1. The van der Waals surface area contributed by atoms with Gasteiger partial charge in [0.15, 0.2) is 5.82 Å². The van der Waals surface area contributed by atoms with Crippen LogP contribution in [0.5, 0.6) is 0 Å². The van der Waals surface area contributed by atoms with Gasteiger partial charge in [0.1, 0.15) is 6.10 Å². The quantitative estimate of drug-likeness (QED) is 0.791. The smallest absolute Gasteiger partial charge is 0.240 e. The minimum atomic E-state index is -0.153. The molecule has 4 atom stereocenters. The molecule has 2 aliphatic heterocycles. The van der Waals surface area contributed by atoms with Crippen molar-refractivity contribution in [1.29, 1.82) is 0 Å². The molecule has 1 aromatic rings. The van der Waals surface area contributed by atoms with Gasteiger partial charge in [0, 0.05) is 38.8 Å². The molecule has 4 rings (SSSR count). The zero-order valence-electron chi connectivity index (χ0n) is 17.1. The van der Waals surface area contributed by atoms with Gasteiger partial charge in [-0.15, -0.1) is 0 Å². The molecule has 0 aromatic carbocycles. The molecule has 3 fully saturated rings. The summed E-state index contributed by atoms with van der Waals surface area (Å²) in [6.07, 6.45) is 6.00. The van der Waals surface area contributed by atoms with Crippen LogP contribution in [-0.4, -0.2) is 70.7 Å². The van der Waals surface area contributed by atoms with Gasteiger partial charge in [-0.2, -0.15) is 4.98 Å². The van der Waals surface area contributed by atoms with E-state index < -0.39 is 0 Å². The molecular weight excluding hydrogens is 358 g/mol. The van der Waals surface area contributed by atoms with Gasteiger partial charge < -0.3 is 19.5 Å². The number of hydrogen-bond acceptors (Lipinski definition) is 7. The zero-order chi connectivity index (χ0) is 19.5. The van der Waals surface area contributed by atoms with Crippen molar-refractivity contribution in [3.8, 4) is 0 Å². The maximum Gasteiger partial charge on any atom is 0.240 e. The Morgan fingerprint density at radius 2 is 2.07 bits per heavy atom. The highest BCUT2D eigenvalue weighted by Gasteiger charge is 2.40. The SMILES string of the molecule is CCOC(C)c1noc(CN2CCN(C(=O)C3CC4CCCCC4N3)CC2)n1. The number of nitrogens with one attached hydrogen (secondary N) is 1. The minimum absolute atomic E-state index is 0.0261. The molecule has 28 heavy (non-hydrogen) atoms. The Bertz CT molecular complexity index is 644. The molecular formula is C20H33N5O3. The van der Waals surface area contributed by atoms with Gasteiger partial charge >= 0.3 is 0 Å². The van der Waals surface area contributed by atoms with Crippen LogP contribution in [0.2, 0.25) is 0 Å². The van der Waals surface area contributed by atoms with Crippen molar-refractivity contribution in [2.45, 2.75) is 70.7 Å². The van der Waals surface area contributed by atoms with Crippen molar-refractivity contribution in [2.75, 3.05) is 32.8 Å². The van der Waals surface area contributed by atoms with E-state index in [-0.39, 0.29) is 12.1 Å². The Hall–Kier alpha value is -1.51. The Morgan fingerprint density at radius 3 is 2.82 bits per heavy atom. The topological polar surface area (TPSA) is 83.7 Å². The number of aromatic nitrogens is 2. The highest BCUT2D eigenvalue weighted by molar-refractivity contribution is 5.82. The van der Waals surface area contributed by atoms with Crippen LogP contribution in [0.15, 0.2) is 4.52 Å². The fourth-order valence-electron chi connectivity index (χ4n) is 4.87. The summed E-state index contributed by atoms with van der Waals surface area (Å²) in [5, 5.41) is 7.64. The third kappa shape index (κ3) is 4.39. The molecule has 3 aliphatic rings. The number of fused-ring (bicyclic) bond motifs is 1. The van der Waals surface area contributed by atoms with Gasteiger partial charge in [-0.05, 0) is 39.0 Å². The molecule has 0 bridgehead atoms. The van der Waals surface area contributed by atoms with Crippen molar-refractivity contribution >= 4 is 5.91 Å². The summed E-state index contributed by atoms with van der Waals surface area (Å²) in [6.45, 7) is 8.33. The van der Waals surface area contributed by atoms with E-state index >= 15 is 0 Å². The van der Waals surface area contributed by atoms with Crippen LogP contribution in [0.25, 0.3) is 0 Å². The number of amides is 1. The van der Waals surface area contributed by atoms with E-state index in [1.165, 1.54) is 25.7 Å². The van der Waals surface area contributed by atoms with E-state index in [1.54, 1.807) is 0 Å². The Morgan fingerprint density at radius 1 is 1.29 bits per heavy atom. The maximum absolute atomic E-state index is 12.9. The van der Waals surface area contributed by atoms with Gasteiger partial charge in [0.2, 0.25) is 11.8 Å². The van der Waals surface area contributed by atoms with Gasteiger partial charge in [0.05, 0.1) is 12.6 Å². The number of piperazine rings is 1. The summed E-state index contributed by atoms with van der Waals surface area (Å²) in [4.78, 5) is 21.7. The lowest BCUT2D eigenvalue weighted by Gasteiger charge is -2.35. The molecule has 2 saturated heterocycles. The molecule has 1 saturated carbocycles. The summed E-state index contributed by atoms with van der Waals surface area (Å²) in [7, 11) is 0. The minimum Gasteiger partial charge on any atom is -0.371 e. The number of carbonyl (C=O) groups excluding carboxylic acids is 1. The third-order valence-corrected chi connectivity index (χ3v) is 6.47. The van der Waals surface area contributed by atoms with E-state index in [0.29, 0.717) is 42.7 Å². The first-order valence-electron chi connectivity index (χ1n) is 10.8. The van der Waals surface area contributed by atoms with Crippen molar-refractivity contribution in [1.82, 2.24) is 25.3 Å². The average Bonchev–Trinajstić information content (AvgIpc) is 3.35. The third-order valence-electron chi connectivity index (χ3n) is 6.47. The van der Waals surface area contributed by atoms with E-state index in [1.807, 2.05) is 18.7 Å². The highest BCUT2D eigenvalue weighted by atomic mass is 16.5. The predicted octanol–water partition coefficient (Wildman–Crippen LogP) is 1.73. The summed E-state index contributed by atoms with van der Waals surface area (Å²) in [5.74, 6) is 2.21. The molecule has 1 N–H and O–H groups in total. The van der Waals surface area contributed by atoms with E-state index in [0.717, 1.165) is 32.6 Å². The second-order valence-corrected chi connectivity index (χ2v) is 8.35. The van der Waals surface area contributed by atoms with Crippen LogP contribution < -0.4 is 5.32 Å². The van der Waals surface area contributed by atoms with E-state index in [4.69, 9.17) is 9.26 Å². The normalized spacial score (nSPS) is 29.6. The van der Waals surface area contributed by atoms with Crippen LogP contribution in [0.1, 0.15) is 63.8 Å². The standard InChI is InChI=1S/C20H33N5O3/c1-3-27-14(2)19-22-18(28-23-19)13-24-8-10-25(11-9-24)20(26)17-12-15-6-4-5-7-16(15)21-17/h14-17,21H,3-13H2,1-2H3. The van der Waals surface area contributed by atoms with Crippen molar-refractivity contribution in [3.05, 3.63) is 11.7 Å². The maximum atomic E-state index is 12.9. The Labute approximate surface area is 167 Å². The predicted molar refractivity (Wildman–Crippen MR) is 103 cm³/mol. The van der Waals surface area contributed by atoms with Crippen molar-refractivity contribution in [3.63, 3.8) is 0 Å². The monoisotopic (exact) mass is 391 g/mol. The summed E-state index contributed by atoms with van der Waals surface area (Å²) in [5.41, 5.74) is 0. The number of rotatable bonds is 6. The largest absolute Gasteiger partial charge is 0.371 e. The molecule has 4 unspecified atom stereocenters. The summed E-state index contributed by atoms with van der Waals surface area (Å²) in [6, 6.07) is 0.591. The second-order valence-electron chi connectivity index (χ2n) is 8.35. The van der Waals surface area contributed by atoms with Crippen LogP contribution in [0, 0.1) is 5.92 Å². The van der Waals surface area contributed by atoms with Gasteiger partial charge in [0.25, 0.3) is 0 Å². The summed E-state index contributed by atoms with van der Waals surface area (Å²) >= 11 is 0. The first-order chi connectivity index (χ1) is 13.6. The molecule has 1 amide bonds. The first kappa shape index (κ1) is 19.8. The van der Waals surface area contributed by atoms with E-state index in [2.05, 4.69) is 20.4 Å². The van der Waals surface area contributed by atoms with Crippen LogP contribution >= 0.6 is 0 Å². The average molecular weight is 392 g/mol. The van der Waals surface area contributed by atoms with Gasteiger partial charge in [-0.1, -0.05) is 18.0 Å². The number of carbonyl (C=O) groups is 1. The Balaban J connectivity index is 1.24. The second kappa shape index (κ2) is 8.88. The fraction of sp³-hybridized carbons (Fsp3) is 0.850. The first-order valence-corrected chi connectivity index (χ1v) is 10.8. The lowest BCUT2D eigenvalue weighted by molar-refractivity contribution is -0.135. The van der Waals surface area contributed by atoms with Gasteiger partial charge in [-0.25, -0.2) is 0 Å². The van der Waals surface area contributed by atoms with Crippen LogP contribution in [0.3, 0.4) is 0 Å². The number of nitrogens with zero attached hydrogens (tertiary/aromatic N) is 4. The van der Waals surface area contributed by atoms with Crippen LogP contribution in [-0.2, 0) is 16.1 Å². The molecule has 1 aromatic heterocycles. The Kier molecular flexibility index (Phi) is 6.28. The molecule has 1 aliphatic carbocycles. The van der Waals surface area contributed by atoms with E-state index in [9.17, 15) is 4.79 Å². The lowest BCUT2D eigenvalue weighted by Crippen LogP contribution is -2.53. The van der Waals surface area contributed by atoms with Crippen molar-refractivity contribution in [2.24, 2.45) is 5.92 Å². The molecule has 156 valence electrons. The fourth-order valence-corrected chi connectivity index (χ4v) is 4.87. The summed E-state index contributed by atoms with van der Waals surface area (Å²) < 4.78 is 10.9. The lowest BCUT2D eigenvalue weighted by atomic mass is 9.85. The van der Waals surface area contributed by atoms with Gasteiger partial charge in [-0.3, -0.25) is 9.69 Å². The van der Waals surface area contributed by atoms with Crippen molar-refractivity contribution < 1.29 is 14.1 Å². The zero-order valence-corrected chi connectivity index (χ0v) is 17.1. The molecule has 0 spiro atoms. The molecule has 0 radical (unpaired) electrons.